The number of benzene rings is 2. The van der Waals surface area contributed by atoms with Crippen molar-refractivity contribution < 1.29 is 4.79 Å². The summed E-state index contributed by atoms with van der Waals surface area (Å²) in [6.07, 6.45) is 0.789. The first kappa shape index (κ1) is 15.7. The van der Waals surface area contributed by atoms with Crippen molar-refractivity contribution in [1.82, 2.24) is 10.4 Å². The quantitative estimate of drug-likeness (QED) is 0.328. The smallest absolute Gasteiger partial charge is 0.202 e. The molecule has 0 aromatic heterocycles. The highest BCUT2D eigenvalue weighted by atomic mass is 16.1. The van der Waals surface area contributed by atoms with E-state index in [0.29, 0.717) is 17.7 Å². The van der Waals surface area contributed by atoms with Gasteiger partial charge < -0.3 is 5.73 Å². The zero-order chi connectivity index (χ0) is 15.9. The van der Waals surface area contributed by atoms with Gasteiger partial charge >= 0.3 is 0 Å². The van der Waals surface area contributed by atoms with Crippen LogP contribution in [0, 0.1) is 5.41 Å². The molecule has 4 N–H and O–H groups in total. The van der Waals surface area contributed by atoms with E-state index in [0.717, 1.165) is 12.0 Å². The third-order valence-electron chi connectivity index (χ3n) is 3.38. The molecule has 0 radical (unpaired) electrons. The second-order valence-corrected chi connectivity index (χ2v) is 4.99. The van der Waals surface area contributed by atoms with Gasteiger partial charge in [0.25, 0.3) is 0 Å². The van der Waals surface area contributed by atoms with E-state index in [-0.39, 0.29) is 11.7 Å². The molecule has 2 aromatic carbocycles. The summed E-state index contributed by atoms with van der Waals surface area (Å²) >= 11 is 0. The van der Waals surface area contributed by atoms with Crippen LogP contribution in [0.2, 0.25) is 0 Å². The number of hydrazine groups is 1. The van der Waals surface area contributed by atoms with Crippen LogP contribution in [0.4, 0.5) is 0 Å². The summed E-state index contributed by atoms with van der Waals surface area (Å²) in [4.78, 5) is 12.3. The third-order valence-corrected chi connectivity index (χ3v) is 3.38. The van der Waals surface area contributed by atoms with Crippen molar-refractivity contribution in [3.63, 3.8) is 0 Å². The standard InChI is InChI=1S/C17H20N4O/c1-21(17(18)19)20-12-11-13-7-9-15(10-8-13)16(22)14-5-3-2-4-6-14/h2-10,20H,11-12H2,1H3,(H3,18,19). The van der Waals surface area contributed by atoms with Crippen LogP contribution in [0.1, 0.15) is 21.5 Å². The fourth-order valence-corrected chi connectivity index (χ4v) is 2.03. The number of nitrogens with one attached hydrogen (secondary N) is 2. The molecule has 0 bridgehead atoms. The third kappa shape index (κ3) is 4.17. The predicted molar refractivity (Wildman–Crippen MR) is 87.7 cm³/mol. The lowest BCUT2D eigenvalue weighted by Crippen LogP contribution is -2.44. The normalized spacial score (nSPS) is 10.2. The summed E-state index contributed by atoms with van der Waals surface area (Å²) in [5.74, 6) is 0.00499. The fraction of sp³-hybridized carbons (Fsp3) is 0.176. The van der Waals surface area contributed by atoms with E-state index in [1.807, 2.05) is 54.6 Å². The lowest BCUT2D eigenvalue weighted by atomic mass is 10.0. The largest absolute Gasteiger partial charge is 0.369 e. The van der Waals surface area contributed by atoms with E-state index in [2.05, 4.69) is 5.43 Å². The molecule has 0 heterocycles. The van der Waals surface area contributed by atoms with Gasteiger partial charge in [0, 0.05) is 24.7 Å². The SMILES string of the molecule is CN(NCCc1ccc(C(=O)c2ccccc2)cc1)C(=N)N. The number of hydrogen-bond acceptors (Lipinski definition) is 3. The summed E-state index contributed by atoms with van der Waals surface area (Å²) in [7, 11) is 1.70. The second-order valence-electron chi connectivity index (χ2n) is 4.99. The van der Waals surface area contributed by atoms with Crippen LogP contribution >= 0.6 is 0 Å². The molecule has 5 heteroatoms. The highest BCUT2D eigenvalue weighted by molar-refractivity contribution is 6.08. The minimum Gasteiger partial charge on any atom is -0.369 e. The van der Waals surface area contributed by atoms with E-state index < -0.39 is 0 Å². The van der Waals surface area contributed by atoms with Crippen LogP contribution in [0.5, 0.6) is 0 Å². The Morgan fingerprint density at radius 2 is 1.68 bits per heavy atom. The summed E-state index contributed by atoms with van der Waals surface area (Å²) in [6, 6.07) is 16.8. The van der Waals surface area contributed by atoms with E-state index in [4.69, 9.17) is 11.1 Å². The average molecular weight is 296 g/mol. The summed E-state index contributed by atoms with van der Waals surface area (Å²) in [5.41, 5.74) is 10.8. The Morgan fingerprint density at radius 1 is 1.09 bits per heavy atom. The Kier molecular flexibility index (Phi) is 5.27. The average Bonchev–Trinajstić information content (AvgIpc) is 2.55. The molecular weight excluding hydrogens is 276 g/mol. The number of hydrogen-bond donors (Lipinski definition) is 3. The molecule has 114 valence electrons. The number of ketones is 1. The first-order valence-electron chi connectivity index (χ1n) is 7.08. The molecule has 0 saturated carbocycles. The Hall–Kier alpha value is -2.66. The molecule has 2 rings (SSSR count). The Bertz CT molecular complexity index is 637. The van der Waals surface area contributed by atoms with E-state index >= 15 is 0 Å². The minimum atomic E-state index is -0.0243. The summed E-state index contributed by atoms with van der Waals surface area (Å²) in [5, 5.41) is 8.71. The minimum absolute atomic E-state index is 0.0243. The molecule has 5 nitrogen and oxygen atoms in total. The van der Waals surface area contributed by atoms with Gasteiger partial charge in [0.1, 0.15) is 0 Å². The maximum absolute atomic E-state index is 12.3. The van der Waals surface area contributed by atoms with Gasteiger partial charge in [-0.2, -0.15) is 0 Å². The molecule has 0 atom stereocenters. The number of guanidine groups is 1. The lowest BCUT2D eigenvalue weighted by Gasteiger charge is -2.17. The van der Waals surface area contributed by atoms with Crippen molar-refractivity contribution in [1.29, 1.82) is 5.41 Å². The van der Waals surface area contributed by atoms with Crippen LogP contribution in [0.15, 0.2) is 54.6 Å². The molecule has 0 spiro atoms. The monoisotopic (exact) mass is 296 g/mol. The molecule has 0 fully saturated rings. The van der Waals surface area contributed by atoms with Crippen molar-refractivity contribution in [3.05, 3.63) is 71.3 Å². The van der Waals surface area contributed by atoms with Gasteiger partial charge in [0.05, 0.1) is 0 Å². The van der Waals surface area contributed by atoms with Gasteiger partial charge in [-0.25, -0.2) is 5.43 Å². The Balaban J connectivity index is 1.93. The molecule has 0 aliphatic rings. The second kappa shape index (κ2) is 7.38. The van der Waals surface area contributed by atoms with Crippen molar-refractivity contribution >= 4 is 11.7 Å². The van der Waals surface area contributed by atoms with Crippen LogP contribution in [-0.2, 0) is 6.42 Å². The zero-order valence-electron chi connectivity index (χ0n) is 12.5. The molecule has 0 unspecified atom stereocenters. The topological polar surface area (TPSA) is 82.2 Å². The molecule has 0 saturated heterocycles. The Labute approximate surface area is 130 Å². The van der Waals surface area contributed by atoms with Crippen LogP contribution in [0.3, 0.4) is 0 Å². The van der Waals surface area contributed by atoms with Gasteiger partial charge in [-0.3, -0.25) is 15.2 Å². The number of carbonyl (C=O) groups is 1. The van der Waals surface area contributed by atoms with Crippen molar-refractivity contribution in [2.24, 2.45) is 5.73 Å². The molecule has 0 aliphatic carbocycles. The molecule has 2 aromatic rings. The lowest BCUT2D eigenvalue weighted by molar-refractivity contribution is 0.103. The first-order chi connectivity index (χ1) is 10.6. The summed E-state index contributed by atoms with van der Waals surface area (Å²) in [6.45, 7) is 0.669. The van der Waals surface area contributed by atoms with Gasteiger partial charge in [-0.15, -0.1) is 0 Å². The van der Waals surface area contributed by atoms with Gasteiger partial charge in [-0.05, 0) is 12.0 Å². The van der Waals surface area contributed by atoms with Gasteiger partial charge in [0.15, 0.2) is 5.78 Å². The maximum atomic E-state index is 12.3. The molecule has 0 amide bonds. The molecule has 0 aliphatic heterocycles. The van der Waals surface area contributed by atoms with Crippen molar-refractivity contribution in [2.45, 2.75) is 6.42 Å². The molecule has 22 heavy (non-hydrogen) atoms. The Morgan fingerprint density at radius 3 is 2.27 bits per heavy atom. The number of nitrogens with two attached hydrogens (primary N) is 1. The zero-order valence-corrected chi connectivity index (χ0v) is 12.5. The van der Waals surface area contributed by atoms with Gasteiger partial charge in [-0.1, -0.05) is 54.6 Å². The molecular formula is C17H20N4O. The maximum Gasteiger partial charge on any atom is 0.202 e. The number of rotatable bonds is 6. The number of nitrogens with zero attached hydrogens (tertiary/aromatic N) is 1. The van der Waals surface area contributed by atoms with Crippen molar-refractivity contribution in [2.75, 3.05) is 13.6 Å². The van der Waals surface area contributed by atoms with Crippen LogP contribution in [0.25, 0.3) is 0 Å². The van der Waals surface area contributed by atoms with Gasteiger partial charge in [0.2, 0.25) is 5.96 Å². The van der Waals surface area contributed by atoms with E-state index in [9.17, 15) is 4.79 Å². The van der Waals surface area contributed by atoms with E-state index in [1.165, 1.54) is 5.01 Å². The van der Waals surface area contributed by atoms with E-state index in [1.54, 1.807) is 7.05 Å². The number of carbonyl (C=O) groups excluding carboxylic acids is 1. The van der Waals surface area contributed by atoms with Crippen molar-refractivity contribution in [3.8, 4) is 0 Å². The van der Waals surface area contributed by atoms with Crippen LogP contribution < -0.4 is 11.2 Å². The highest BCUT2D eigenvalue weighted by Crippen LogP contribution is 2.11. The first-order valence-corrected chi connectivity index (χ1v) is 7.08. The highest BCUT2D eigenvalue weighted by Gasteiger charge is 2.08. The van der Waals surface area contributed by atoms with Crippen LogP contribution in [-0.4, -0.2) is 30.3 Å². The summed E-state index contributed by atoms with van der Waals surface area (Å²) < 4.78 is 0. The fourth-order valence-electron chi connectivity index (χ4n) is 2.03. The predicted octanol–water partition coefficient (Wildman–Crippen LogP) is 1.79.